The minimum Gasteiger partial charge on any atom is -0.350 e. The van der Waals surface area contributed by atoms with Gasteiger partial charge in [0.2, 0.25) is 0 Å². The molecule has 0 saturated carbocycles. The molecule has 1 aromatic rings. The van der Waals surface area contributed by atoms with E-state index < -0.39 is 5.54 Å². The number of hydrogen-bond donors (Lipinski definition) is 2. The Balaban J connectivity index is 0.00000225. The molecule has 0 aliphatic carbocycles. The summed E-state index contributed by atoms with van der Waals surface area (Å²) in [6.45, 7) is 5.98. The fourth-order valence-electron chi connectivity index (χ4n) is 1.23. The van der Waals surface area contributed by atoms with E-state index in [9.17, 15) is 4.79 Å². The zero-order valence-corrected chi connectivity index (χ0v) is 10.9. The number of carbonyl (C=O) groups is 1. The van der Waals surface area contributed by atoms with E-state index in [0.717, 1.165) is 5.69 Å². The Hall–Kier alpha value is -1.07. The summed E-state index contributed by atoms with van der Waals surface area (Å²) in [6.07, 6.45) is 1.70. The number of halogens is 1. The van der Waals surface area contributed by atoms with Crippen molar-refractivity contribution in [2.24, 2.45) is 12.8 Å². The zero-order valence-electron chi connectivity index (χ0n) is 10.1. The first-order chi connectivity index (χ1) is 6.79. The predicted molar refractivity (Wildman–Crippen MR) is 65.8 cm³/mol. The minimum atomic E-state index is -0.397. The van der Waals surface area contributed by atoms with E-state index in [1.54, 1.807) is 17.9 Å². The summed E-state index contributed by atoms with van der Waals surface area (Å²) in [5, 5.41) is 6.88. The van der Waals surface area contributed by atoms with Crippen LogP contribution in [-0.2, 0) is 7.05 Å². The van der Waals surface area contributed by atoms with Crippen LogP contribution in [0.1, 0.15) is 29.9 Å². The summed E-state index contributed by atoms with van der Waals surface area (Å²) in [5.74, 6) is -0.126. The van der Waals surface area contributed by atoms with Crippen LogP contribution in [0.5, 0.6) is 0 Å². The lowest BCUT2D eigenvalue weighted by molar-refractivity contribution is 0.0945. The van der Waals surface area contributed by atoms with Gasteiger partial charge < -0.3 is 11.1 Å². The van der Waals surface area contributed by atoms with Gasteiger partial charge in [-0.3, -0.25) is 9.48 Å². The van der Waals surface area contributed by atoms with Crippen molar-refractivity contribution in [3.63, 3.8) is 0 Å². The lowest BCUT2D eigenvalue weighted by atomic mass is 10.1. The van der Waals surface area contributed by atoms with E-state index >= 15 is 0 Å². The molecular formula is C10H19ClN4O. The number of amides is 1. The number of aryl methyl sites for hydroxylation is 2. The number of aromatic nitrogens is 2. The Morgan fingerprint density at radius 1 is 1.62 bits per heavy atom. The molecule has 0 atom stereocenters. The first-order valence-electron chi connectivity index (χ1n) is 4.87. The molecular weight excluding hydrogens is 228 g/mol. The average Bonchev–Trinajstić information content (AvgIpc) is 2.40. The van der Waals surface area contributed by atoms with Gasteiger partial charge >= 0.3 is 0 Å². The normalized spacial score (nSPS) is 10.8. The van der Waals surface area contributed by atoms with Gasteiger partial charge in [-0.1, -0.05) is 0 Å². The van der Waals surface area contributed by atoms with Gasteiger partial charge in [0.1, 0.15) is 0 Å². The summed E-state index contributed by atoms with van der Waals surface area (Å²) in [5.41, 5.74) is 6.70. The second-order valence-corrected chi connectivity index (χ2v) is 4.47. The Kier molecular flexibility index (Phi) is 4.96. The second-order valence-electron chi connectivity index (χ2n) is 4.47. The van der Waals surface area contributed by atoms with E-state index in [1.165, 1.54) is 0 Å². The Morgan fingerprint density at radius 2 is 2.19 bits per heavy atom. The highest BCUT2D eigenvalue weighted by Gasteiger charge is 2.16. The van der Waals surface area contributed by atoms with Crippen molar-refractivity contribution in [3.8, 4) is 0 Å². The fourth-order valence-corrected chi connectivity index (χ4v) is 1.23. The Labute approximate surface area is 102 Å². The first kappa shape index (κ1) is 14.9. The molecule has 0 unspecified atom stereocenters. The van der Waals surface area contributed by atoms with Gasteiger partial charge in [-0.25, -0.2) is 0 Å². The number of nitrogens with zero attached hydrogens (tertiary/aromatic N) is 2. The van der Waals surface area contributed by atoms with Gasteiger partial charge in [-0.05, 0) is 20.8 Å². The summed E-state index contributed by atoms with van der Waals surface area (Å²) in [6, 6.07) is 0. The van der Waals surface area contributed by atoms with Crippen LogP contribution in [0.25, 0.3) is 0 Å². The Bertz CT molecular complexity index is 367. The van der Waals surface area contributed by atoms with E-state index in [1.807, 2.05) is 20.8 Å². The SMILES string of the molecule is Cc1nn(C)cc1C(=O)NCC(C)(C)N.Cl. The van der Waals surface area contributed by atoms with Gasteiger partial charge in [0.05, 0.1) is 11.3 Å². The van der Waals surface area contributed by atoms with Crippen molar-refractivity contribution in [1.29, 1.82) is 0 Å². The van der Waals surface area contributed by atoms with E-state index in [-0.39, 0.29) is 18.3 Å². The number of carbonyl (C=O) groups excluding carboxylic acids is 1. The molecule has 1 aromatic heterocycles. The van der Waals surface area contributed by atoms with Gasteiger partial charge in [0.25, 0.3) is 5.91 Å². The molecule has 1 rings (SSSR count). The molecule has 16 heavy (non-hydrogen) atoms. The third-order valence-electron chi connectivity index (χ3n) is 1.96. The second kappa shape index (κ2) is 5.32. The molecule has 0 aromatic carbocycles. The molecule has 0 radical (unpaired) electrons. The molecule has 0 saturated heterocycles. The highest BCUT2D eigenvalue weighted by Crippen LogP contribution is 2.04. The van der Waals surface area contributed by atoms with Crippen LogP contribution in [0.2, 0.25) is 0 Å². The van der Waals surface area contributed by atoms with Crippen LogP contribution in [0, 0.1) is 6.92 Å². The molecule has 0 fully saturated rings. The number of hydrogen-bond acceptors (Lipinski definition) is 3. The molecule has 92 valence electrons. The van der Waals surface area contributed by atoms with Gasteiger partial charge in [0.15, 0.2) is 0 Å². The monoisotopic (exact) mass is 246 g/mol. The van der Waals surface area contributed by atoms with Crippen molar-refractivity contribution in [2.45, 2.75) is 26.3 Å². The van der Waals surface area contributed by atoms with Crippen molar-refractivity contribution in [3.05, 3.63) is 17.5 Å². The smallest absolute Gasteiger partial charge is 0.254 e. The molecule has 3 N–H and O–H groups in total. The molecule has 0 aliphatic rings. The van der Waals surface area contributed by atoms with Crippen LogP contribution < -0.4 is 11.1 Å². The molecule has 0 aliphatic heterocycles. The van der Waals surface area contributed by atoms with E-state index in [2.05, 4.69) is 10.4 Å². The highest BCUT2D eigenvalue weighted by atomic mass is 35.5. The standard InChI is InChI=1S/C10H18N4O.ClH/c1-7-8(5-14(4)13-7)9(15)12-6-10(2,3)11;/h5H,6,11H2,1-4H3,(H,12,15);1H. The summed E-state index contributed by atoms with van der Waals surface area (Å²) in [4.78, 5) is 11.7. The fraction of sp³-hybridized carbons (Fsp3) is 0.600. The van der Waals surface area contributed by atoms with Crippen LogP contribution in [-0.4, -0.2) is 27.8 Å². The molecule has 1 heterocycles. The minimum absolute atomic E-state index is 0. The van der Waals surface area contributed by atoms with Crippen molar-refractivity contribution < 1.29 is 4.79 Å². The topological polar surface area (TPSA) is 72.9 Å². The van der Waals surface area contributed by atoms with Gasteiger partial charge in [0, 0.05) is 25.3 Å². The van der Waals surface area contributed by atoms with Crippen LogP contribution in [0.4, 0.5) is 0 Å². The van der Waals surface area contributed by atoms with E-state index in [4.69, 9.17) is 5.73 Å². The number of rotatable bonds is 3. The van der Waals surface area contributed by atoms with Crippen LogP contribution in [0.15, 0.2) is 6.20 Å². The van der Waals surface area contributed by atoms with Crippen molar-refractivity contribution in [2.75, 3.05) is 6.54 Å². The van der Waals surface area contributed by atoms with E-state index in [0.29, 0.717) is 12.1 Å². The van der Waals surface area contributed by atoms with Crippen LogP contribution >= 0.6 is 12.4 Å². The molecule has 6 heteroatoms. The summed E-state index contributed by atoms with van der Waals surface area (Å²) in [7, 11) is 1.79. The summed E-state index contributed by atoms with van der Waals surface area (Å²) >= 11 is 0. The van der Waals surface area contributed by atoms with Crippen molar-refractivity contribution in [1.82, 2.24) is 15.1 Å². The maximum Gasteiger partial charge on any atom is 0.254 e. The summed E-state index contributed by atoms with van der Waals surface area (Å²) < 4.78 is 1.62. The zero-order chi connectivity index (χ0) is 11.6. The van der Waals surface area contributed by atoms with Gasteiger partial charge in [-0.2, -0.15) is 5.10 Å². The molecule has 0 spiro atoms. The maximum atomic E-state index is 11.7. The third kappa shape index (κ3) is 4.20. The Morgan fingerprint density at radius 3 is 2.56 bits per heavy atom. The number of nitrogens with one attached hydrogen (secondary N) is 1. The predicted octanol–water partition coefficient (Wildman–Crippen LogP) is 0.617. The lowest BCUT2D eigenvalue weighted by Gasteiger charge is -2.18. The lowest BCUT2D eigenvalue weighted by Crippen LogP contribution is -2.45. The third-order valence-corrected chi connectivity index (χ3v) is 1.96. The highest BCUT2D eigenvalue weighted by molar-refractivity contribution is 5.95. The van der Waals surface area contributed by atoms with Crippen LogP contribution in [0.3, 0.4) is 0 Å². The molecule has 5 nitrogen and oxygen atoms in total. The molecule has 1 amide bonds. The number of nitrogens with two attached hydrogens (primary N) is 1. The molecule has 0 bridgehead atoms. The maximum absolute atomic E-state index is 11.7. The quantitative estimate of drug-likeness (QED) is 0.821. The first-order valence-corrected chi connectivity index (χ1v) is 4.87. The van der Waals surface area contributed by atoms with Crippen molar-refractivity contribution >= 4 is 18.3 Å². The average molecular weight is 247 g/mol. The largest absolute Gasteiger partial charge is 0.350 e. The van der Waals surface area contributed by atoms with Gasteiger partial charge in [-0.15, -0.1) is 12.4 Å².